The normalized spacial score (nSPS) is 12.0. The molecule has 0 amide bonds. The highest BCUT2D eigenvalue weighted by molar-refractivity contribution is 6.05. The number of aromatic nitrogens is 4. The van der Waals surface area contributed by atoms with Gasteiger partial charge in [0.25, 0.3) is 0 Å². The fourth-order valence-corrected chi connectivity index (χ4v) is 7.36. The number of hydrogen-bond acceptors (Lipinski definition) is 6. The first-order valence-electron chi connectivity index (χ1n) is 19.6. The standard InChI is InChI=1S/C48H54N4O4/c1-10-53-44(54-11-2)22-19-33-25-40(47(5,6)7)36(21-23-45(55-12-3)56-13-4)38-24-32(18-20-34(33)38)27-48(8,9)41-26-39(42-28-49-30-51-42)35-16-14-15-17-37(35)46(41)43-29-50-31-52-43/h14-18,20,24-26,28-31,44-45H,10-13,27H2,1-9H3,(H,49,51)(H,50,52). The van der Waals surface area contributed by atoms with Gasteiger partial charge in [0, 0.05) is 61.1 Å². The highest BCUT2D eigenvalue weighted by Crippen LogP contribution is 2.44. The summed E-state index contributed by atoms with van der Waals surface area (Å²) < 4.78 is 23.3. The van der Waals surface area contributed by atoms with Gasteiger partial charge in [-0.05, 0) is 113 Å². The van der Waals surface area contributed by atoms with Gasteiger partial charge < -0.3 is 28.9 Å². The SMILES string of the molecule is CCOC(C#Cc1cc(C(C)(C)C)c(C#CC(OCC)OCC)c2cc(CC(C)(C)c3cc(-c4c[nH]cn4)c4ccccc4c3-c3c[nH]cn3)ccc12)OCC. The van der Waals surface area contributed by atoms with Crippen molar-refractivity contribution in [2.75, 3.05) is 26.4 Å². The van der Waals surface area contributed by atoms with Gasteiger partial charge in [-0.25, -0.2) is 9.97 Å². The van der Waals surface area contributed by atoms with Crippen LogP contribution in [0.5, 0.6) is 0 Å². The lowest BCUT2D eigenvalue weighted by Crippen LogP contribution is -2.22. The Bertz CT molecular complexity index is 2370. The van der Waals surface area contributed by atoms with Crippen LogP contribution in [0, 0.1) is 23.7 Å². The van der Waals surface area contributed by atoms with Crippen LogP contribution in [0.1, 0.15) is 90.1 Å². The van der Waals surface area contributed by atoms with Crippen molar-refractivity contribution in [1.29, 1.82) is 0 Å². The van der Waals surface area contributed by atoms with Crippen LogP contribution in [0.25, 0.3) is 44.1 Å². The minimum Gasteiger partial charge on any atom is -0.351 e. The molecular weight excluding hydrogens is 697 g/mol. The number of ether oxygens (including phenoxy) is 4. The van der Waals surface area contributed by atoms with Crippen LogP contribution >= 0.6 is 0 Å². The molecule has 2 N–H and O–H groups in total. The third kappa shape index (κ3) is 8.91. The van der Waals surface area contributed by atoms with Crippen molar-refractivity contribution < 1.29 is 18.9 Å². The van der Waals surface area contributed by atoms with Crippen LogP contribution in [0.3, 0.4) is 0 Å². The number of fused-ring (bicyclic) bond motifs is 2. The number of nitrogens with one attached hydrogen (secondary N) is 2. The molecule has 6 aromatic rings. The molecule has 0 aliphatic heterocycles. The van der Waals surface area contributed by atoms with Crippen molar-refractivity contribution in [3.63, 3.8) is 0 Å². The molecule has 56 heavy (non-hydrogen) atoms. The summed E-state index contributed by atoms with van der Waals surface area (Å²) in [6.07, 6.45) is 6.90. The average Bonchev–Trinajstić information content (AvgIpc) is 3.91. The van der Waals surface area contributed by atoms with E-state index in [0.717, 1.165) is 67.2 Å². The molecule has 6 rings (SSSR count). The van der Waals surface area contributed by atoms with E-state index in [1.165, 1.54) is 11.1 Å². The van der Waals surface area contributed by atoms with Crippen LogP contribution in [0.4, 0.5) is 0 Å². The Morgan fingerprint density at radius 3 is 1.79 bits per heavy atom. The van der Waals surface area contributed by atoms with Crippen molar-refractivity contribution in [3.05, 3.63) is 107 Å². The highest BCUT2D eigenvalue weighted by Gasteiger charge is 2.29. The van der Waals surface area contributed by atoms with Crippen molar-refractivity contribution in [2.24, 2.45) is 0 Å². The molecule has 0 bridgehead atoms. The molecule has 0 unspecified atom stereocenters. The van der Waals surface area contributed by atoms with Crippen LogP contribution < -0.4 is 0 Å². The van der Waals surface area contributed by atoms with E-state index in [-0.39, 0.29) is 10.8 Å². The average molecular weight is 751 g/mol. The molecule has 0 aliphatic carbocycles. The second-order valence-corrected chi connectivity index (χ2v) is 15.4. The second-order valence-electron chi connectivity index (χ2n) is 15.4. The number of nitrogens with zero attached hydrogens (tertiary/aromatic N) is 2. The van der Waals surface area contributed by atoms with Crippen molar-refractivity contribution in [2.45, 2.75) is 92.1 Å². The predicted octanol–water partition coefficient (Wildman–Crippen LogP) is 10.1. The van der Waals surface area contributed by atoms with Crippen LogP contribution in [-0.4, -0.2) is 58.9 Å². The minimum absolute atomic E-state index is 0.248. The lowest BCUT2D eigenvalue weighted by Gasteiger charge is -2.30. The van der Waals surface area contributed by atoms with Crippen LogP contribution in [-0.2, 0) is 36.2 Å². The van der Waals surface area contributed by atoms with Gasteiger partial charge in [0.05, 0.1) is 24.0 Å². The van der Waals surface area contributed by atoms with Gasteiger partial charge in [-0.2, -0.15) is 0 Å². The van der Waals surface area contributed by atoms with E-state index < -0.39 is 12.6 Å². The van der Waals surface area contributed by atoms with Crippen molar-refractivity contribution in [1.82, 2.24) is 19.9 Å². The first-order valence-corrected chi connectivity index (χ1v) is 19.6. The summed E-state index contributed by atoms with van der Waals surface area (Å²) in [5, 5.41) is 4.30. The zero-order valence-electron chi connectivity index (χ0n) is 34.2. The quantitative estimate of drug-likeness (QED) is 0.0902. The highest BCUT2D eigenvalue weighted by atomic mass is 16.7. The molecule has 0 spiro atoms. The number of imidazole rings is 2. The molecule has 0 atom stereocenters. The molecule has 0 radical (unpaired) electrons. The zero-order chi connectivity index (χ0) is 39.9. The van der Waals surface area contributed by atoms with Gasteiger partial charge in [-0.15, -0.1) is 0 Å². The van der Waals surface area contributed by atoms with E-state index in [9.17, 15) is 0 Å². The molecule has 2 heterocycles. The largest absolute Gasteiger partial charge is 0.351 e. The molecule has 0 saturated heterocycles. The first kappa shape index (κ1) is 40.4. The molecule has 0 fully saturated rings. The molecule has 0 saturated carbocycles. The van der Waals surface area contributed by atoms with Gasteiger partial charge in [0.2, 0.25) is 12.6 Å². The van der Waals surface area contributed by atoms with Gasteiger partial charge in [-0.1, -0.05) is 82.9 Å². The Labute approximate surface area is 331 Å². The Balaban J connectivity index is 1.57. The molecule has 8 heteroatoms. The third-order valence-electron chi connectivity index (χ3n) is 9.87. The first-order chi connectivity index (χ1) is 27.0. The summed E-state index contributed by atoms with van der Waals surface area (Å²) >= 11 is 0. The molecule has 2 aromatic heterocycles. The van der Waals surface area contributed by atoms with E-state index in [1.54, 1.807) is 12.7 Å². The molecule has 4 aromatic carbocycles. The number of hydrogen-bond donors (Lipinski definition) is 2. The molecular formula is C48H54N4O4. The van der Waals surface area contributed by atoms with Gasteiger partial charge in [0.1, 0.15) is 0 Å². The second kappa shape index (κ2) is 17.7. The van der Waals surface area contributed by atoms with E-state index in [4.69, 9.17) is 23.9 Å². The van der Waals surface area contributed by atoms with Crippen molar-refractivity contribution in [3.8, 4) is 46.2 Å². The monoisotopic (exact) mass is 750 g/mol. The van der Waals surface area contributed by atoms with Gasteiger partial charge in [0.15, 0.2) is 0 Å². The Morgan fingerprint density at radius 1 is 0.625 bits per heavy atom. The smallest absolute Gasteiger partial charge is 0.222 e. The Morgan fingerprint density at radius 2 is 1.21 bits per heavy atom. The molecule has 0 aliphatic rings. The number of H-pyrrole nitrogens is 2. The van der Waals surface area contributed by atoms with Gasteiger partial charge >= 0.3 is 0 Å². The van der Waals surface area contributed by atoms with Crippen LogP contribution in [0.2, 0.25) is 0 Å². The summed E-state index contributed by atoms with van der Waals surface area (Å²) in [6, 6.07) is 19.7. The lowest BCUT2D eigenvalue weighted by molar-refractivity contribution is -0.0972. The third-order valence-corrected chi connectivity index (χ3v) is 9.87. The van der Waals surface area contributed by atoms with E-state index in [2.05, 4.69) is 128 Å². The Hall–Kier alpha value is -5.22. The maximum Gasteiger partial charge on any atom is 0.222 e. The topological polar surface area (TPSA) is 94.3 Å². The fourth-order valence-electron chi connectivity index (χ4n) is 7.36. The maximum atomic E-state index is 5.86. The minimum atomic E-state index is -0.635. The number of benzene rings is 4. The lowest BCUT2D eigenvalue weighted by atomic mass is 9.74. The molecule has 290 valence electrons. The van der Waals surface area contributed by atoms with E-state index in [1.807, 2.05) is 40.1 Å². The summed E-state index contributed by atoms with van der Waals surface area (Å²) in [5.41, 5.74) is 8.69. The maximum absolute atomic E-state index is 5.86. The summed E-state index contributed by atoms with van der Waals surface area (Å²) in [4.78, 5) is 15.8. The fraction of sp³-hybridized carbons (Fsp3) is 0.375. The molecule has 8 nitrogen and oxygen atoms in total. The van der Waals surface area contributed by atoms with E-state index >= 15 is 0 Å². The van der Waals surface area contributed by atoms with Gasteiger partial charge in [-0.3, -0.25) is 0 Å². The summed E-state index contributed by atoms with van der Waals surface area (Å²) in [6.45, 7) is 21.1. The Kier molecular flexibility index (Phi) is 12.8. The number of aromatic amines is 2. The van der Waals surface area contributed by atoms with E-state index in [0.29, 0.717) is 26.4 Å². The summed E-state index contributed by atoms with van der Waals surface area (Å²) in [7, 11) is 0. The van der Waals surface area contributed by atoms with Crippen molar-refractivity contribution >= 4 is 21.5 Å². The number of rotatable bonds is 13. The summed E-state index contributed by atoms with van der Waals surface area (Å²) in [5.74, 6) is 13.5. The predicted molar refractivity (Wildman–Crippen MR) is 226 cm³/mol. The zero-order valence-corrected chi connectivity index (χ0v) is 34.2. The van der Waals surface area contributed by atoms with Crippen LogP contribution in [0.15, 0.2) is 79.6 Å².